The van der Waals surface area contributed by atoms with Crippen LogP contribution in [0.5, 0.6) is 0 Å². The fourth-order valence-corrected chi connectivity index (χ4v) is 2.10. The third-order valence-corrected chi connectivity index (χ3v) is 2.93. The first-order chi connectivity index (χ1) is 6.36. The lowest BCUT2D eigenvalue weighted by molar-refractivity contribution is 0.368. The van der Waals surface area contributed by atoms with Crippen molar-refractivity contribution in [1.29, 1.82) is 0 Å². The van der Waals surface area contributed by atoms with Gasteiger partial charge in [-0.1, -0.05) is 30.8 Å². The number of nitrogen functional groups attached to an aromatic ring is 1. The van der Waals surface area contributed by atoms with Crippen molar-refractivity contribution in [2.45, 2.75) is 38.5 Å². The number of hydrogen-bond acceptors (Lipinski definition) is 3. The quantitative estimate of drug-likeness (QED) is 0.777. The Balaban J connectivity index is 1.82. The molecule has 0 saturated heterocycles. The first-order valence-corrected chi connectivity index (χ1v) is 5.05. The van der Waals surface area contributed by atoms with Crippen molar-refractivity contribution < 1.29 is 4.52 Å². The molecule has 1 aliphatic rings. The number of hydrogen-bond donors (Lipinski definition) is 1. The summed E-state index contributed by atoms with van der Waals surface area (Å²) in [4.78, 5) is 0. The van der Waals surface area contributed by atoms with Crippen LogP contribution >= 0.6 is 0 Å². The molecule has 0 bridgehead atoms. The number of aromatic nitrogens is 1. The number of rotatable bonds is 3. The van der Waals surface area contributed by atoms with Gasteiger partial charge in [0.2, 0.25) is 0 Å². The van der Waals surface area contributed by atoms with E-state index in [4.69, 9.17) is 10.3 Å². The SMILES string of the molecule is Nc1cnoc1CCC1CCCC1. The third kappa shape index (κ3) is 2.02. The van der Waals surface area contributed by atoms with Gasteiger partial charge in [0, 0.05) is 6.42 Å². The summed E-state index contributed by atoms with van der Waals surface area (Å²) in [5, 5.41) is 3.67. The first-order valence-electron chi connectivity index (χ1n) is 5.05. The summed E-state index contributed by atoms with van der Waals surface area (Å²) in [6, 6.07) is 0. The molecule has 1 aliphatic carbocycles. The second-order valence-corrected chi connectivity index (χ2v) is 3.89. The molecule has 3 nitrogen and oxygen atoms in total. The van der Waals surface area contributed by atoms with Crippen LogP contribution in [0.1, 0.15) is 37.9 Å². The van der Waals surface area contributed by atoms with Crippen LogP contribution < -0.4 is 5.73 Å². The average Bonchev–Trinajstić information content (AvgIpc) is 2.72. The molecule has 0 aromatic carbocycles. The molecule has 1 saturated carbocycles. The summed E-state index contributed by atoms with van der Waals surface area (Å²) in [5.74, 6) is 1.76. The number of anilines is 1. The van der Waals surface area contributed by atoms with Crippen LogP contribution in [0.4, 0.5) is 5.69 Å². The largest absolute Gasteiger partial charge is 0.395 e. The van der Waals surface area contributed by atoms with Crippen molar-refractivity contribution >= 4 is 5.69 Å². The minimum Gasteiger partial charge on any atom is -0.395 e. The van der Waals surface area contributed by atoms with Crippen LogP contribution in [-0.2, 0) is 6.42 Å². The topological polar surface area (TPSA) is 52.0 Å². The molecule has 0 spiro atoms. The van der Waals surface area contributed by atoms with Crippen LogP contribution in [0.3, 0.4) is 0 Å². The van der Waals surface area contributed by atoms with Gasteiger partial charge in [-0.25, -0.2) is 0 Å². The number of nitrogens with zero attached hydrogens (tertiary/aromatic N) is 1. The van der Waals surface area contributed by atoms with Gasteiger partial charge in [-0.15, -0.1) is 0 Å². The van der Waals surface area contributed by atoms with Crippen LogP contribution in [0.15, 0.2) is 10.7 Å². The second-order valence-electron chi connectivity index (χ2n) is 3.89. The fourth-order valence-electron chi connectivity index (χ4n) is 2.10. The minimum atomic E-state index is 0.706. The molecular formula is C10H16N2O. The van der Waals surface area contributed by atoms with Crippen molar-refractivity contribution in [1.82, 2.24) is 5.16 Å². The lowest BCUT2D eigenvalue weighted by Gasteiger charge is -2.05. The molecular weight excluding hydrogens is 164 g/mol. The van der Waals surface area contributed by atoms with E-state index in [-0.39, 0.29) is 0 Å². The summed E-state index contributed by atoms with van der Waals surface area (Å²) >= 11 is 0. The Morgan fingerprint density at radius 3 is 2.85 bits per heavy atom. The molecule has 1 heterocycles. The Labute approximate surface area is 78.3 Å². The average molecular weight is 180 g/mol. The Hall–Kier alpha value is -0.990. The maximum Gasteiger partial charge on any atom is 0.159 e. The molecule has 2 N–H and O–H groups in total. The molecule has 1 fully saturated rings. The van der Waals surface area contributed by atoms with Gasteiger partial charge >= 0.3 is 0 Å². The van der Waals surface area contributed by atoms with E-state index in [1.807, 2.05) is 0 Å². The zero-order valence-electron chi connectivity index (χ0n) is 7.83. The van der Waals surface area contributed by atoms with Gasteiger partial charge < -0.3 is 10.3 Å². The van der Waals surface area contributed by atoms with E-state index in [2.05, 4.69) is 5.16 Å². The summed E-state index contributed by atoms with van der Waals surface area (Å²) in [5.41, 5.74) is 6.38. The molecule has 13 heavy (non-hydrogen) atoms. The zero-order chi connectivity index (χ0) is 9.10. The summed E-state index contributed by atoms with van der Waals surface area (Å²) in [6.45, 7) is 0. The fraction of sp³-hybridized carbons (Fsp3) is 0.700. The predicted molar refractivity (Wildman–Crippen MR) is 51.2 cm³/mol. The second kappa shape index (κ2) is 3.81. The molecule has 0 unspecified atom stereocenters. The van der Waals surface area contributed by atoms with Gasteiger partial charge in [0.25, 0.3) is 0 Å². The van der Waals surface area contributed by atoms with E-state index in [1.165, 1.54) is 32.1 Å². The summed E-state index contributed by atoms with van der Waals surface area (Å²) in [6.07, 6.45) is 9.31. The van der Waals surface area contributed by atoms with E-state index in [9.17, 15) is 0 Å². The molecule has 0 aliphatic heterocycles. The summed E-state index contributed by atoms with van der Waals surface area (Å²) < 4.78 is 5.05. The predicted octanol–water partition coefficient (Wildman–Crippen LogP) is 2.38. The van der Waals surface area contributed by atoms with Crippen LogP contribution in [0, 0.1) is 5.92 Å². The highest BCUT2D eigenvalue weighted by molar-refractivity contribution is 5.37. The third-order valence-electron chi connectivity index (χ3n) is 2.93. The van der Waals surface area contributed by atoms with Crippen LogP contribution in [-0.4, -0.2) is 5.16 Å². The molecule has 0 radical (unpaired) electrons. The van der Waals surface area contributed by atoms with Gasteiger partial charge in [-0.3, -0.25) is 0 Å². The Kier molecular flexibility index (Phi) is 2.52. The highest BCUT2D eigenvalue weighted by Gasteiger charge is 2.16. The number of aryl methyl sites for hydroxylation is 1. The van der Waals surface area contributed by atoms with Crippen molar-refractivity contribution in [3.05, 3.63) is 12.0 Å². The molecule has 1 aromatic rings. The van der Waals surface area contributed by atoms with Crippen molar-refractivity contribution in [3.8, 4) is 0 Å². The highest BCUT2D eigenvalue weighted by atomic mass is 16.5. The van der Waals surface area contributed by atoms with E-state index in [0.29, 0.717) is 5.69 Å². The first kappa shape index (κ1) is 8.60. The van der Waals surface area contributed by atoms with E-state index < -0.39 is 0 Å². The molecule has 2 rings (SSSR count). The summed E-state index contributed by atoms with van der Waals surface area (Å²) in [7, 11) is 0. The smallest absolute Gasteiger partial charge is 0.159 e. The maximum atomic E-state index is 5.67. The van der Waals surface area contributed by atoms with Crippen molar-refractivity contribution in [2.75, 3.05) is 5.73 Å². The normalized spacial score (nSPS) is 18.2. The van der Waals surface area contributed by atoms with Gasteiger partial charge in [0.15, 0.2) is 5.76 Å². The molecule has 72 valence electrons. The van der Waals surface area contributed by atoms with Gasteiger partial charge in [0.1, 0.15) is 0 Å². The zero-order valence-corrected chi connectivity index (χ0v) is 7.83. The standard InChI is InChI=1S/C10H16N2O/c11-9-7-12-13-10(9)6-5-8-3-1-2-4-8/h7-8H,1-6,11H2. The lowest BCUT2D eigenvalue weighted by atomic mass is 10.0. The van der Waals surface area contributed by atoms with E-state index in [0.717, 1.165) is 18.1 Å². The molecule has 3 heteroatoms. The monoisotopic (exact) mass is 180 g/mol. The molecule has 1 aromatic heterocycles. The Bertz CT molecular complexity index is 264. The Morgan fingerprint density at radius 2 is 2.23 bits per heavy atom. The van der Waals surface area contributed by atoms with E-state index in [1.54, 1.807) is 6.20 Å². The Morgan fingerprint density at radius 1 is 1.46 bits per heavy atom. The maximum absolute atomic E-state index is 5.67. The van der Waals surface area contributed by atoms with E-state index >= 15 is 0 Å². The van der Waals surface area contributed by atoms with Crippen LogP contribution in [0.2, 0.25) is 0 Å². The van der Waals surface area contributed by atoms with Crippen molar-refractivity contribution in [2.24, 2.45) is 5.92 Å². The lowest BCUT2D eigenvalue weighted by Crippen LogP contribution is -1.97. The van der Waals surface area contributed by atoms with Gasteiger partial charge in [-0.05, 0) is 12.3 Å². The van der Waals surface area contributed by atoms with Crippen molar-refractivity contribution in [3.63, 3.8) is 0 Å². The highest BCUT2D eigenvalue weighted by Crippen LogP contribution is 2.29. The number of nitrogens with two attached hydrogens (primary N) is 1. The van der Waals surface area contributed by atoms with Gasteiger partial charge in [0.05, 0.1) is 11.9 Å². The van der Waals surface area contributed by atoms with Gasteiger partial charge in [-0.2, -0.15) is 0 Å². The minimum absolute atomic E-state index is 0.706. The van der Waals surface area contributed by atoms with Crippen LogP contribution in [0.25, 0.3) is 0 Å². The molecule has 0 atom stereocenters. The molecule has 0 amide bonds.